The quantitative estimate of drug-likeness (QED) is 0.535. The van der Waals surface area contributed by atoms with E-state index >= 15 is 0 Å². The molecule has 4 nitrogen and oxygen atoms in total. The molecule has 1 fully saturated rings. The molecule has 70 valence electrons. The maximum Gasteiger partial charge on any atom is 0.219 e. The fourth-order valence-electron chi connectivity index (χ4n) is 1.27. The second-order valence-electron chi connectivity index (χ2n) is 3.18. The molecule has 0 aliphatic carbocycles. The molecule has 4 heteroatoms. The molecule has 0 bridgehead atoms. The van der Waals surface area contributed by atoms with Crippen LogP contribution in [0.1, 0.15) is 6.92 Å². The van der Waals surface area contributed by atoms with Crippen LogP contribution in [0.3, 0.4) is 0 Å². The number of nitrogens with one attached hydrogen (secondary N) is 2. The Morgan fingerprint density at radius 2 is 2.17 bits per heavy atom. The molecule has 1 aliphatic heterocycles. The summed E-state index contributed by atoms with van der Waals surface area (Å²) in [6.45, 7) is 5.32. The van der Waals surface area contributed by atoms with Crippen molar-refractivity contribution in [3.8, 4) is 0 Å². The molecular formula is C8H17N3O. The number of nitrogens with zero attached hydrogens (tertiary/aromatic N) is 1. The Morgan fingerprint density at radius 3 is 2.67 bits per heavy atom. The van der Waals surface area contributed by atoms with Crippen LogP contribution < -0.4 is 10.6 Å². The number of likely N-dealkylation sites (N-methyl/N-ethyl adjacent to an activating group) is 1. The van der Waals surface area contributed by atoms with Gasteiger partial charge in [-0.1, -0.05) is 0 Å². The van der Waals surface area contributed by atoms with Crippen LogP contribution in [0.4, 0.5) is 0 Å². The van der Waals surface area contributed by atoms with Crippen LogP contribution in [0.2, 0.25) is 0 Å². The Balaban J connectivity index is 1.98. The number of rotatable bonds is 4. The lowest BCUT2D eigenvalue weighted by Crippen LogP contribution is -2.59. The van der Waals surface area contributed by atoms with E-state index < -0.39 is 0 Å². The van der Waals surface area contributed by atoms with Crippen LogP contribution in [0.15, 0.2) is 0 Å². The molecule has 2 N–H and O–H groups in total. The Morgan fingerprint density at radius 1 is 1.50 bits per heavy atom. The molecule has 1 amide bonds. The molecule has 0 aromatic rings. The van der Waals surface area contributed by atoms with E-state index in [9.17, 15) is 4.79 Å². The molecule has 1 rings (SSSR count). The highest BCUT2D eigenvalue weighted by Gasteiger charge is 2.27. The third kappa shape index (κ3) is 2.46. The highest BCUT2D eigenvalue weighted by molar-refractivity contribution is 5.74. The zero-order valence-electron chi connectivity index (χ0n) is 7.76. The Kier molecular flexibility index (Phi) is 3.49. The number of carbonyl (C=O) groups is 1. The smallest absolute Gasteiger partial charge is 0.219 e. The molecule has 0 atom stereocenters. The number of amides is 1. The summed E-state index contributed by atoms with van der Waals surface area (Å²) < 4.78 is 0. The first-order chi connectivity index (χ1) is 5.74. The maximum atomic E-state index is 10.8. The van der Waals surface area contributed by atoms with Crippen molar-refractivity contribution >= 4 is 5.91 Å². The van der Waals surface area contributed by atoms with Crippen LogP contribution in [0.25, 0.3) is 0 Å². The van der Waals surface area contributed by atoms with Crippen molar-refractivity contribution in [2.45, 2.75) is 13.0 Å². The fourth-order valence-corrected chi connectivity index (χ4v) is 1.27. The monoisotopic (exact) mass is 171 g/mol. The number of hydrogen-bond donors (Lipinski definition) is 2. The van der Waals surface area contributed by atoms with Crippen molar-refractivity contribution in [1.82, 2.24) is 15.5 Å². The summed E-state index contributed by atoms with van der Waals surface area (Å²) in [7, 11) is 1.93. The summed E-state index contributed by atoms with van der Waals surface area (Å²) in [5.74, 6) is 0.182. The maximum absolute atomic E-state index is 10.8. The molecule has 0 aromatic carbocycles. The Hall–Kier alpha value is -0.610. The van der Waals surface area contributed by atoms with Gasteiger partial charge in [0, 0.05) is 39.1 Å². The van der Waals surface area contributed by atoms with Crippen LogP contribution in [0, 0.1) is 0 Å². The largest absolute Gasteiger partial charge is 0.340 e. The zero-order valence-corrected chi connectivity index (χ0v) is 7.76. The minimum atomic E-state index is 0.182. The van der Waals surface area contributed by atoms with Gasteiger partial charge in [-0.05, 0) is 7.05 Å². The second-order valence-corrected chi connectivity index (χ2v) is 3.18. The van der Waals surface area contributed by atoms with E-state index in [1.165, 1.54) is 0 Å². The molecule has 0 spiro atoms. The van der Waals surface area contributed by atoms with Crippen molar-refractivity contribution in [1.29, 1.82) is 0 Å². The third-order valence-electron chi connectivity index (χ3n) is 2.13. The highest BCUT2D eigenvalue weighted by Crippen LogP contribution is 2.06. The first-order valence-corrected chi connectivity index (χ1v) is 4.37. The Bertz CT molecular complexity index is 154. The van der Waals surface area contributed by atoms with Gasteiger partial charge < -0.3 is 15.5 Å². The average molecular weight is 171 g/mol. The normalized spacial score (nSPS) is 17.7. The van der Waals surface area contributed by atoms with Crippen molar-refractivity contribution in [2.24, 2.45) is 0 Å². The van der Waals surface area contributed by atoms with E-state index in [4.69, 9.17) is 0 Å². The standard InChI is InChI=1S/C8H17N3O/c1-7(12)11-5-8(6-11)10-4-3-9-2/h8-10H,3-6H2,1-2H3. The van der Waals surface area contributed by atoms with Gasteiger partial charge in [-0.3, -0.25) is 4.79 Å². The van der Waals surface area contributed by atoms with Gasteiger partial charge >= 0.3 is 0 Å². The van der Waals surface area contributed by atoms with Crippen molar-refractivity contribution in [3.05, 3.63) is 0 Å². The van der Waals surface area contributed by atoms with Gasteiger partial charge in [0.1, 0.15) is 0 Å². The van der Waals surface area contributed by atoms with Gasteiger partial charge in [0.05, 0.1) is 0 Å². The lowest BCUT2D eigenvalue weighted by Gasteiger charge is -2.39. The van der Waals surface area contributed by atoms with E-state index in [1.807, 2.05) is 11.9 Å². The van der Waals surface area contributed by atoms with Gasteiger partial charge in [-0.15, -0.1) is 0 Å². The third-order valence-corrected chi connectivity index (χ3v) is 2.13. The lowest BCUT2D eigenvalue weighted by molar-refractivity contribution is -0.133. The first kappa shape index (κ1) is 9.48. The highest BCUT2D eigenvalue weighted by atomic mass is 16.2. The van der Waals surface area contributed by atoms with Crippen LogP contribution in [-0.4, -0.2) is 50.1 Å². The predicted octanol–water partition coefficient (Wildman–Crippen LogP) is -0.974. The van der Waals surface area contributed by atoms with E-state index in [0.717, 1.165) is 26.2 Å². The van der Waals surface area contributed by atoms with Gasteiger partial charge in [0.15, 0.2) is 0 Å². The number of hydrogen-bond acceptors (Lipinski definition) is 3. The van der Waals surface area contributed by atoms with E-state index in [1.54, 1.807) is 6.92 Å². The van der Waals surface area contributed by atoms with Gasteiger partial charge in [-0.2, -0.15) is 0 Å². The minimum absolute atomic E-state index is 0.182. The van der Waals surface area contributed by atoms with Crippen LogP contribution in [0.5, 0.6) is 0 Å². The zero-order chi connectivity index (χ0) is 8.97. The topological polar surface area (TPSA) is 44.4 Å². The molecule has 0 saturated carbocycles. The van der Waals surface area contributed by atoms with Gasteiger partial charge in [-0.25, -0.2) is 0 Å². The number of likely N-dealkylation sites (tertiary alicyclic amines) is 1. The summed E-state index contributed by atoms with van der Waals surface area (Å²) in [5, 5.41) is 6.41. The van der Waals surface area contributed by atoms with E-state index in [2.05, 4.69) is 10.6 Å². The van der Waals surface area contributed by atoms with Crippen LogP contribution >= 0.6 is 0 Å². The molecular weight excluding hydrogens is 154 g/mol. The molecule has 1 heterocycles. The minimum Gasteiger partial charge on any atom is -0.340 e. The van der Waals surface area contributed by atoms with E-state index in [-0.39, 0.29) is 5.91 Å². The molecule has 12 heavy (non-hydrogen) atoms. The van der Waals surface area contributed by atoms with Gasteiger partial charge in [0.2, 0.25) is 5.91 Å². The summed E-state index contributed by atoms with van der Waals surface area (Å²) in [6, 6.07) is 0.516. The molecule has 0 aromatic heterocycles. The summed E-state index contributed by atoms with van der Waals surface area (Å²) >= 11 is 0. The van der Waals surface area contributed by atoms with Crippen LogP contribution in [-0.2, 0) is 4.79 Å². The van der Waals surface area contributed by atoms with Crippen molar-refractivity contribution in [3.63, 3.8) is 0 Å². The summed E-state index contributed by atoms with van der Waals surface area (Å²) in [4.78, 5) is 12.6. The second kappa shape index (κ2) is 4.42. The van der Waals surface area contributed by atoms with Gasteiger partial charge in [0.25, 0.3) is 0 Å². The SMILES string of the molecule is CNCCNC1CN(C(C)=O)C1. The van der Waals surface area contributed by atoms with Crippen molar-refractivity contribution in [2.75, 3.05) is 33.2 Å². The first-order valence-electron chi connectivity index (χ1n) is 4.37. The summed E-state index contributed by atoms with van der Waals surface area (Å²) in [5.41, 5.74) is 0. The molecule has 0 radical (unpaired) electrons. The molecule has 1 saturated heterocycles. The average Bonchev–Trinajstić information content (AvgIpc) is 1.93. The molecule has 1 aliphatic rings. The summed E-state index contributed by atoms with van der Waals surface area (Å²) in [6.07, 6.45) is 0. The lowest BCUT2D eigenvalue weighted by atomic mass is 10.1. The van der Waals surface area contributed by atoms with Crippen molar-refractivity contribution < 1.29 is 4.79 Å². The molecule has 0 unspecified atom stereocenters. The fraction of sp³-hybridized carbons (Fsp3) is 0.875. The number of carbonyl (C=O) groups excluding carboxylic acids is 1. The predicted molar refractivity (Wildman–Crippen MR) is 48.0 cm³/mol. The Labute approximate surface area is 73.3 Å². The van der Waals surface area contributed by atoms with E-state index in [0.29, 0.717) is 6.04 Å².